The molecule has 0 aliphatic heterocycles. The van der Waals surface area contributed by atoms with Crippen molar-refractivity contribution in [2.24, 2.45) is 0 Å². The van der Waals surface area contributed by atoms with Crippen LogP contribution in [0.4, 0.5) is 0 Å². The minimum atomic E-state index is -0.630. The summed E-state index contributed by atoms with van der Waals surface area (Å²) in [5.41, 5.74) is 5.27. The van der Waals surface area contributed by atoms with E-state index in [4.69, 9.17) is 0 Å². The molecule has 0 unspecified atom stereocenters. The largest absolute Gasteiger partial charge is 0.443 e. The summed E-state index contributed by atoms with van der Waals surface area (Å²) in [6, 6.07) is 34.9. The van der Waals surface area contributed by atoms with Crippen molar-refractivity contribution in [2.75, 3.05) is 0 Å². The summed E-state index contributed by atoms with van der Waals surface area (Å²) in [4.78, 5) is 0. The average molecular weight is 347 g/mol. The Bertz CT molecular complexity index is 1230. The zero-order valence-corrected chi connectivity index (χ0v) is 14.8. The van der Waals surface area contributed by atoms with Crippen LogP contribution in [0.1, 0.15) is 0 Å². The maximum atomic E-state index is 10.8. The smallest absolute Gasteiger partial charge is 0.358 e. The molecule has 0 aliphatic carbocycles. The van der Waals surface area contributed by atoms with Gasteiger partial charge in [-0.25, -0.2) is 0 Å². The molecule has 1 aromatic heterocycles. The molecule has 0 atom stereocenters. The van der Waals surface area contributed by atoms with E-state index in [-0.39, 0.29) is 0 Å². The molecule has 1 N–H and O–H groups in total. The Balaban J connectivity index is 1.76. The standard InChI is InChI=1S/C24H18BNO/c27-25(18-9-3-1-4-10-18)19-15-16-24-22(17-19)21-13-7-8-14-23(21)26(24)20-11-5-2-6-12-20/h1-17,27H. The van der Waals surface area contributed by atoms with Crippen LogP contribution in [-0.2, 0) is 0 Å². The third-order valence-corrected chi connectivity index (χ3v) is 5.14. The predicted octanol–water partition coefficient (Wildman–Crippen LogP) is 3.88. The van der Waals surface area contributed by atoms with Gasteiger partial charge in [0.2, 0.25) is 0 Å². The van der Waals surface area contributed by atoms with Crippen molar-refractivity contribution in [1.29, 1.82) is 0 Å². The summed E-state index contributed by atoms with van der Waals surface area (Å²) in [6.45, 7) is -0.630. The fraction of sp³-hybridized carbons (Fsp3) is 0. The second kappa shape index (κ2) is 6.46. The van der Waals surface area contributed by atoms with E-state index in [2.05, 4.69) is 65.2 Å². The topological polar surface area (TPSA) is 25.2 Å². The number of nitrogens with zero attached hydrogens (tertiary/aromatic N) is 1. The first-order chi connectivity index (χ1) is 13.3. The maximum absolute atomic E-state index is 10.8. The highest BCUT2D eigenvalue weighted by Gasteiger charge is 2.19. The van der Waals surface area contributed by atoms with E-state index in [0.29, 0.717) is 0 Å². The van der Waals surface area contributed by atoms with E-state index in [1.54, 1.807) is 0 Å². The minimum absolute atomic E-state index is 0.630. The van der Waals surface area contributed by atoms with Gasteiger partial charge < -0.3 is 9.59 Å². The van der Waals surface area contributed by atoms with Gasteiger partial charge in [0.1, 0.15) is 0 Å². The summed E-state index contributed by atoms with van der Waals surface area (Å²) in [6.07, 6.45) is 0. The third kappa shape index (κ3) is 2.64. The Labute approximate surface area is 158 Å². The molecule has 0 aliphatic rings. The lowest BCUT2D eigenvalue weighted by Crippen LogP contribution is -2.42. The van der Waals surface area contributed by atoms with Crippen molar-refractivity contribution >= 4 is 39.6 Å². The summed E-state index contributed by atoms with van der Waals surface area (Å²) in [5, 5.41) is 13.2. The van der Waals surface area contributed by atoms with Crippen molar-refractivity contribution in [3.63, 3.8) is 0 Å². The van der Waals surface area contributed by atoms with Crippen molar-refractivity contribution in [3.8, 4) is 5.69 Å². The lowest BCUT2D eigenvalue weighted by Gasteiger charge is -2.09. The fourth-order valence-corrected chi connectivity index (χ4v) is 3.84. The lowest BCUT2D eigenvalue weighted by molar-refractivity contribution is 0.600. The molecular weight excluding hydrogens is 329 g/mol. The number of aromatic nitrogens is 1. The molecule has 27 heavy (non-hydrogen) atoms. The van der Waals surface area contributed by atoms with Crippen LogP contribution in [0.3, 0.4) is 0 Å². The Kier molecular flexibility index (Phi) is 3.81. The molecule has 0 fully saturated rings. The zero-order valence-electron chi connectivity index (χ0n) is 14.8. The quantitative estimate of drug-likeness (QED) is 0.492. The van der Waals surface area contributed by atoms with E-state index in [0.717, 1.165) is 27.5 Å². The van der Waals surface area contributed by atoms with Gasteiger partial charge >= 0.3 is 6.92 Å². The first-order valence-electron chi connectivity index (χ1n) is 9.14. The van der Waals surface area contributed by atoms with Crippen LogP contribution in [-0.4, -0.2) is 16.5 Å². The Morgan fingerprint density at radius 3 is 1.96 bits per heavy atom. The third-order valence-electron chi connectivity index (χ3n) is 5.14. The average Bonchev–Trinajstić information content (AvgIpc) is 3.08. The molecule has 0 amide bonds. The molecule has 3 heteroatoms. The Morgan fingerprint density at radius 2 is 1.19 bits per heavy atom. The molecule has 2 nitrogen and oxygen atoms in total. The van der Waals surface area contributed by atoms with E-state index in [1.807, 2.05) is 42.5 Å². The number of hydrogen-bond donors (Lipinski definition) is 1. The predicted molar refractivity (Wildman–Crippen MR) is 114 cm³/mol. The van der Waals surface area contributed by atoms with Gasteiger partial charge in [-0.05, 0) is 35.2 Å². The molecule has 0 radical (unpaired) electrons. The molecule has 0 bridgehead atoms. The van der Waals surface area contributed by atoms with Gasteiger partial charge in [0, 0.05) is 16.5 Å². The first kappa shape index (κ1) is 15.9. The molecule has 128 valence electrons. The molecule has 5 aromatic rings. The second-order valence-corrected chi connectivity index (χ2v) is 6.78. The van der Waals surface area contributed by atoms with Crippen LogP contribution in [0, 0.1) is 0 Å². The number of benzene rings is 4. The van der Waals surface area contributed by atoms with Crippen molar-refractivity contribution in [1.82, 2.24) is 4.57 Å². The fourth-order valence-electron chi connectivity index (χ4n) is 3.84. The molecule has 0 saturated heterocycles. The molecule has 5 rings (SSSR count). The van der Waals surface area contributed by atoms with E-state index < -0.39 is 6.92 Å². The normalized spacial score (nSPS) is 11.1. The Morgan fingerprint density at radius 1 is 0.556 bits per heavy atom. The maximum Gasteiger partial charge on any atom is 0.358 e. The molecule has 4 aromatic carbocycles. The van der Waals surface area contributed by atoms with Gasteiger partial charge in [0.25, 0.3) is 0 Å². The van der Waals surface area contributed by atoms with Gasteiger partial charge in [-0.2, -0.15) is 0 Å². The van der Waals surface area contributed by atoms with Gasteiger partial charge in [-0.3, -0.25) is 0 Å². The van der Waals surface area contributed by atoms with Crippen LogP contribution in [0.5, 0.6) is 0 Å². The summed E-state index contributed by atoms with van der Waals surface area (Å²) in [5.74, 6) is 0. The first-order valence-corrected chi connectivity index (χ1v) is 9.14. The van der Waals surface area contributed by atoms with Crippen molar-refractivity contribution in [3.05, 3.63) is 103 Å². The highest BCUT2D eigenvalue weighted by atomic mass is 16.2. The molecule has 0 saturated carbocycles. The number of para-hydroxylation sites is 2. The molecule has 1 heterocycles. The highest BCUT2D eigenvalue weighted by molar-refractivity contribution is 6.79. The summed E-state index contributed by atoms with van der Waals surface area (Å²) in [7, 11) is 0. The van der Waals surface area contributed by atoms with Crippen molar-refractivity contribution in [2.45, 2.75) is 0 Å². The summed E-state index contributed by atoms with van der Waals surface area (Å²) < 4.78 is 2.28. The van der Waals surface area contributed by atoms with Gasteiger partial charge in [-0.1, -0.05) is 78.9 Å². The zero-order chi connectivity index (χ0) is 18.2. The second-order valence-electron chi connectivity index (χ2n) is 6.78. The molecule has 0 spiro atoms. The van der Waals surface area contributed by atoms with Crippen LogP contribution >= 0.6 is 0 Å². The van der Waals surface area contributed by atoms with Gasteiger partial charge in [0.15, 0.2) is 0 Å². The van der Waals surface area contributed by atoms with Crippen LogP contribution in [0.15, 0.2) is 103 Å². The summed E-state index contributed by atoms with van der Waals surface area (Å²) >= 11 is 0. The van der Waals surface area contributed by atoms with Crippen LogP contribution < -0.4 is 10.9 Å². The van der Waals surface area contributed by atoms with E-state index >= 15 is 0 Å². The number of fused-ring (bicyclic) bond motifs is 3. The SMILES string of the molecule is OB(c1ccccc1)c1ccc2c(c1)c1ccccc1n2-c1ccccc1. The lowest BCUT2D eigenvalue weighted by atomic mass is 9.56. The van der Waals surface area contributed by atoms with Crippen molar-refractivity contribution < 1.29 is 5.02 Å². The number of rotatable bonds is 3. The van der Waals surface area contributed by atoms with Gasteiger partial charge in [0.05, 0.1) is 11.0 Å². The van der Waals surface area contributed by atoms with Crippen LogP contribution in [0.2, 0.25) is 0 Å². The monoisotopic (exact) mass is 347 g/mol. The van der Waals surface area contributed by atoms with E-state index in [9.17, 15) is 5.02 Å². The van der Waals surface area contributed by atoms with E-state index in [1.165, 1.54) is 10.9 Å². The molecular formula is C24H18BNO. The minimum Gasteiger partial charge on any atom is -0.443 e. The van der Waals surface area contributed by atoms with Gasteiger partial charge in [-0.15, -0.1) is 0 Å². The van der Waals surface area contributed by atoms with Crippen LogP contribution in [0.25, 0.3) is 27.5 Å². The Hall–Kier alpha value is -3.30. The number of hydrogen-bond acceptors (Lipinski definition) is 1. The highest BCUT2D eigenvalue weighted by Crippen LogP contribution is 2.31.